The standard InChI is InChI=1S/C21H24N4O2/c1-14-19(17(9-10-23-14)15-5-3-2-4-6-15)21(27)25-12-11-22-13-18(25)20(26)24-16-7-8-16/h2-6,9-10,16,18,22H,7-8,11-13H2,1H3,(H,24,26)/t18-/m0/s1. The van der Waals surface area contributed by atoms with Crippen LogP contribution in [0, 0.1) is 6.92 Å². The largest absolute Gasteiger partial charge is 0.352 e. The van der Waals surface area contributed by atoms with Gasteiger partial charge >= 0.3 is 0 Å². The highest BCUT2D eigenvalue weighted by molar-refractivity contribution is 6.03. The molecule has 27 heavy (non-hydrogen) atoms. The summed E-state index contributed by atoms with van der Waals surface area (Å²) in [6.45, 7) is 3.51. The van der Waals surface area contributed by atoms with Crippen LogP contribution in [0.15, 0.2) is 42.6 Å². The molecule has 1 saturated carbocycles. The normalized spacial score (nSPS) is 19.6. The predicted octanol–water partition coefficient (Wildman–Crippen LogP) is 1.75. The fourth-order valence-corrected chi connectivity index (χ4v) is 3.54. The van der Waals surface area contributed by atoms with Crippen LogP contribution in [-0.2, 0) is 4.79 Å². The van der Waals surface area contributed by atoms with Gasteiger partial charge in [-0.25, -0.2) is 0 Å². The minimum atomic E-state index is -0.491. The number of nitrogens with zero attached hydrogens (tertiary/aromatic N) is 2. The fourth-order valence-electron chi connectivity index (χ4n) is 3.54. The van der Waals surface area contributed by atoms with Gasteiger partial charge in [0.05, 0.1) is 11.3 Å². The molecule has 2 aliphatic rings. The highest BCUT2D eigenvalue weighted by atomic mass is 16.2. The predicted molar refractivity (Wildman–Crippen MR) is 103 cm³/mol. The van der Waals surface area contributed by atoms with Gasteiger partial charge in [-0.15, -0.1) is 0 Å². The Morgan fingerprint density at radius 3 is 2.70 bits per heavy atom. The van der Waals surface area contributed by atoms with Gasteiger partial charge in [0.2, 0.25) is 5.91 Å². The van der Waals surface area contributed by atoms with E-state index in [2.05, 4.69) is 15.6 Å². The second-order valence-corrected chi connectivity index (χ2v) is 7.19. The molecule has 2 aromatic rings. The van der Waals surface area contributed by atoms with E-state index >= 15 is 0 Å². The van der Waals surface area contributed by atoms with Crippen molar-refractivity contribution in [2.75, 3.05) is 19.6 Å². The fraction of sp³-hybridized carbons (Fsp3) is 0.381. The van der Waals surface area contributed by atoms with Crippen LogP contribution in [0.5, 0.6) is 0 Å². The van der Waals surface area contributed by atoms with E-state index in [1.54, 1.807) is 11.1 Å². The molecule has 6 nitrogen and oxygen atoms in total. The maximum Gasteiger partial charge on any atom is 0.257 e. The van der Waals surface area contributed by atoms with Crippen molar-refractivity contribution in [2.45, 2.75) is 31.8 Å². The van der Waals surface area contributed by atoms with E-state index < -0.39 is 6.04 Å². The molecule has 2 fully saturated rings. The number of aryl methyl sites for hydroxylation is 1. The van der Waals surface area contributed by atoms with Crippen molar-refractivity contribution in [3.63, 3.8) is 0 Å². The quantitative estimate of drug-likeness (QED) is 0.867. The highest BCUT2D eigenvalue weighted by Crippen LogP contribution is 2.27. The summed E-state index contributed by atoms with van der Waals surface area (Å²) in [6.07, 6.45) is 3.78. The van der Waals surface area contributed by atoms with E-state index in [0.717, 1.165) is 24.0 Å². The second kappa shape index (κ2) is 7.48. The molecule has 2 amide bonds. The summed E-state index contributed by atoms with van der Waals surface area (Å²) in [6, 6.07) is 11.5. The van der Waals surface area contributed by atoms with E-state index in [9.17, 15) is 9.59 Å². The zero-order valence-electron chi connectivity index (χ0n) is 15.4. The zero-order chi connectivity index (χ0) is 18.8. The minimum Gasteiger partial charge on any atom is -0.352 e. The number of amides is 2. The summed E-state index contributed by atoms with van der Waals surface area (Å²) in [5.74, 6) is -0.197. The number of hydrogen-bond acceptors (Lipinski definition) is 4. The van der Waals surface area contributed by atoms with Crippen LogP contribution in [0.25, 0.3) is 11.1 Å². The lowest BCUT2D eigenvalue weighted by Gasteiger charge is -2.35. The molecule has 1 aromatic heterocycles. The first-order chi connectivity index (χ1) is 13.1. The maximum absolute atomic E-state index is 13.5. The Hall–Kier alpha value is -2.73. The first-order valence-electron chi connectivity index (χ1n) is 9.48. The van der Waals surface area contributed by atoms with E-state index in [-0.39, 0.29) is 17.9 Å². The van der Waals surface area contributed by atoms with Crippen molar-refractivity contribution in [1.82, 2.24) is 20.5 Å². The monoisotopic (exact) mass is 364 g/mol. The van der Waals surface area contributed by atoms with Gasteiger partial charge in [0, 0.05) is 31.9 Å². The van der Waals surface area contributed by atoms with Gasteiger partial charge in [0.1, 0.15) is 6.04 Å². The van der Waals surface area contributed by atoms with Crippen molar-refractivity contribution in [1.29, 1.82) is 0 Å². The van der Waals surface area contributed by atoms with E-state index in [4.69, 9.17) is 0 Å². The Morgan fingerprint density at radius 1 is 1.19 bits per heavy atom. The first-order valence-corrected chi connectivity index (χ1v) is 9.48. The lowest BCUT2D eigenvalue weighted by atomic mass is 9.97. The molecule has 0 radical (unpaired) electrons. The van der Waals surface area contributed by atoms with Crippen LogP contribution in [0.2, 0.25) is 0 Å². The Bertz CT molecular complexity index is 849. The number of hydrogen-bond donors (Lipinski definition) is 2. The molecule has 0 bridgehead atoms. The second-order valence-electron chi connectivity index (χ2n) is 7.19. The number of rotatable bonds is 4. The lowest BCUT2D eigenvalue weighted by molar-refractivity contribution is -0.126. The average Bonchev–Trinajstić information content (AvgIpc) is 3.52. The van der Waals surface area contributed by atoms with Gasteiger partial charge < -0.3 is 15.5 Å². The van der Waals surface area contributed by atoms with Gasteiger partial charge in [-0.3, -0.25) is 14.6 Å². The molecule has 4 rings (SSSR count). The summed E-state index contributed by atoms with van der Waals surface area (Å²) in [5, 5.41) is 6.27. The number of pyridine rings is 1. The SMILES string of the molecule is Cc1nccc(-c2ccccc2)c1C(=O)N1CCNC[C@H]1C(=O)NC1CC1. The highest BCUT2D eigenvalue weighted by Gasteiger charge is 2.36. The molecular formula is C21H24N4O2. The molecular weight excluding hydrogens is 340 g/mol. The summed E-state index contributed by atoms with van der Waals surface area (Å²) in [7, 11) is 0. The summed E-state index contributed by atoms with van der Waals surface area (Å²) in [5.41, 5.74) is 3.09. The first kappa shape index (κ1) is 17.7. The molecule has 1 atom stereocenters. The number of carbonyl (C=O) groups excluding carboxylic acids is 2. The lowest BCUT2D eigenvalue weighted by Crippen LogP contribution is -2.60. The molecule has 140 valence electrons. The van der Waals surface area contributed by atoms with Gasteiger partial charge in [-0.2, -0.15) is 0 Å². The zero-order valence-corrected chi connectivity index (χ0v) is 15.4. The van der Waals surface area contributed by atoms with Crippen LogP contribution in [0.1, 0.15) is 28.9 Å². The third kappa shape index (κ3) is 3.71. The van der Waals surface area contributed by atoms with E-state index in [1.807, 2.05) is 43.3 Å². The maximum atomic E-state index is 13.5. The summed E-state index contributed by atoms with van der Waals surface area (Å²) in [4.78, 5) is 32.2. The minimum absolute atomic E-state index is 0.0687. The number of benzene rings is 1. The molecule has 1 aliphatic carbocycles. The third-order valence-corrected chi connectivity index (χ3v) is 5.17. The molecule has 0 unspecified atom stereocenters. The Kier molecular flexibility index (Phi) is 4.90. The van der Waals surface area contributed by atoms with Crippen molar-refractivity contribution < 1.29 is 9.59 Å². The van der Waals surface area contributed by atoms with Crippen molar-refractivity contribution in [2.24, 2.45) is 0 Å². The van der Waals surface area contributed by atoms with Crippen LogP contribution in [0.4, 0.5) is 0 Å². The smallest absolute Gasteiger partial charge is 0.257 e. The number of aromatic nitrogens is 1. The molecule has 1 saturated heterocycles. The molecule has 2 heterocycles. The Morgan fingerprint density at radius 2 is 1.96 bits per heavy atom. The van der Waals surface area contributed by atoms with E-state index in [0.29, 0.717) is 30.9 Å². The van der Waals surface area contributed by atoms with Crippen LogP contribution >= 0.6 is 0 Å². The van der Waals surface area contributed by atoms with Gasteiger partial charge in [-0.05, 0) is 37.0 Å². The van der Waals surface area contributed by atoms with E-state index in [1.165, 1.54) is 0 Å². The van der Waals surface area contributed by atoms with Gasteiger partial charge in [-0.1, -0.05) is 30.3 Å². The Balaban J connectivity index is 1.67. The van der Waals surface area contributed by atoms with Crippen LogP contribution in [0.3, 0.4) is 0 Å². The topological polar surface area (TPSA) is 74.3 Å². The van der Waals surface area contributed by atoms with Gasteiger partial charge in [0.15, 0.2) is 0 Å². The molecule has 0 spiro atoms. The van der Waals surface area contributed by atoms with Crippen molar-refractivity contribution in [3.8, 4) is 11.1 Å². The molecule has 1 aliphatic heterocycles. The van der Waals surface area contributed by atoms with Crippen molar-refractivity contribution in [3.05, 3.63) is 53.9 Å². The Labute approximate surface area is 159 Å². The molecule has 6 heteroatoms. The number of piperazine rings is 1. The molecule has 1 aromatic carbocycles. The third-order valence-electron chi connectivity index (χ3n) is 5.17. The van der Waals surface area contributed by atoms with Gasteiger partial charge in [0.25, 0.3) is 5.91 Å². The summed E-state index contributed by atoms with van der Waals surface area (Å²) < 4.78 is 0. The average molecular weight is 364 g/mol. The van der Waals surface area contributed by atoms with Crippen LogP contribution in [-0.4, -0.2) is 53.4 Å². The van der Waals surface area contributed by atoms with Crippen molar-refractivity contribution >= 4 is 11.8 Å². The molecule has 2 N–H and O–H groups in total. The number of nitrogens with one attached hydrogen (secondary N) is 2. The summed E-state index contributed by atoms with van der Waals surface area (Å²) >= 11 is 0. The van der Waals surface area contributed by atoms with Crippen LogP contribution < -0.4 is 10.6 Å². The number of carbonyl (C=O) groups is 2.